The van der Waals surface area contributed by atoms with Gasteiger partial charge in [-0.25, -0.2) is 4.79 Å². The highest BCUT2D eigenvalue weighted by Crippen LogP contribution is 2.27. The zero-order valence-electron chi connectivity index (χ0n) is 10.5. The molecule has 8 heteroatoms. The Hall–Kier alpha value is -1.48. The van der Waals surface area contributed by atoms with Crippen LogP contribution in [0.15, 0.2) is 15.8 Å². The van der Waals surface area contributed by atoms with Gasteiger partial charge in [0.1, 0.15) is 18.3 Å². The van der Waals surface area contributed by atoms with Crippen molar-refractivity contribution in [3.8, 4) is 0 Å². The third-order valence-electron chi connectivity index (χ3n) is 2.84. The van der Waals surface area contributed by atoms with Crippen LogP contribution in [0.5, 0.6) is 0 Å². The summed E-state index contributed by atoms with van der Waals surface area (Å²) in [6.45, 7) is -0.294. The molecule has 0 spiro atoms. The highest BCUT2D eigenvalue weighted by molar-refractivity contribution is 5.03. The van der Waals surface area contributed by atoms with Gasteiger partial charge in [-0.1, -0.05) is 0 Å². The molecule has 5 atom stereocenters. The Morgan fingerprint density at radius 2 is 2.17 bits per heavy atom. The number of nitrogens with zero attached hydrogens (tertiary/aromatic N) is 1. The smallest absolute Gasteiger partial charge is 0.330 e. The molecule has 1 aromatic rings. The van der Waals surface area contributed by atoms with E-state index in [4.69, 9.17) is 11.2 Å². The molecule has 0 amide bonds. The van der Waals surface area contributed by atoms with Crippen molar-refractivity contribution in [1.29, 1.82) is 0 Å². The molecule has 1 fully saturated rings. The van der Waals surface area contributed by atoms with Crippen molar-refractivity contribution in [3.05, 3.63) is 32.6 Å². The van der Waals surface area contributed by atoms with E-state index in [1.807, 2.05) is 4.98 Å². The number of aliphatic hydroxyl groups is 3. The van der Waals surface area contributed by atoms with Gasteiger partial charge in [0.25, 0.3) is 5.56 Å². The second-order valence-corrected chi connectivity index (χ2v) is 4.10. The summed E-state index contributed by atoms with van der Waals surface area (Å²) in [6.07, 6.45) is -4.42. The lowest BCUT2D eigenvalue weighted by Gasteiger charge is -2.17. The van der Waals surface area contributed by atoms with E-state index < -0.39 is 42.4 Å². The molecule has 0 aromatic carbocycles. The fraction of sp³-hybridized carbons (Fsp3) is 0.600. The molecule has 100 valence electrons. The molecule has 2 rings (SSSR count). The van der Waals surface area contributed by atoms with E-state index in [0.717, 1.165) is 4.57 Å². The molecule has 0 saturated carbocycles. The maximum Gasteiger partial charge on any atom is 0.330 e. The van der Waals surface area contributed by atoms with Gasteiger partial charge in [-0.05, 0) is 6.92 Å². The topological polar surface area (TPSA) is 125 Å². The molecule has 1 aromatic heterocycles. The van der Waals surface area contributed by atoms with E-state index in [-0.39, 0.29) is 5.56 Å². The first-order valence-electron chi connectivity index (χ1n) is 5.84. The van der Waals surface area contributed by atoms with E-state index in [9.17, 15) is 19.8 Å². The average molecular weight is 264 g/mol. The lowest BCUT2D eigenvalue weighted by molar-refractivity contribution is -0.0551. The van der Waals surface area contributed by atoms with E-state index in [1.54, 1.807) is 0 Å². The highest BCUT2D eigenvalue weighted by atomic mass is 16.8. The summed E-state index contributed by atoms with van der Waals surface area (Å²) in [5, 5.41) is 28.5. The van der Waals surface area contributed by atoms with Crippen LogP contribution in [-0.2, 0) is 4.74 Å². The molecule has 18 heavy (non-hydrogen) atoms. The van der Waals surface area contributed by atoms with E-state index in [1.165, 1.54) is 13.1 Å². The molecule has 8 nitrogen and oxygen atoms in total. The molecule has 1 saturated heterocycles. The molecule has 0 bridgehead atoms. The third kappa shape index (κ3) is 1.99. The van der Waals surface area contributed by atoms with Gasteiger partial charge in [-0.15, -0.1) is 0 Å². The SMILES string of the molecule is [2H][13CH](O)[13C@H]1O[13C@@H](n2cc(C)c(=O)[nH]c2=O)[13C@H](O)[13C@@H]1O. The molecule has 2 heterocycles. The summed E-state index contributed by atoms with van der Waals surface area (Å²) in [6, 6.07) is 0. The first-order chi connectivity index (χ1) is 8.82. The third-order valence-corrected chi connectivity index (χ3v) is 2.84. The summed E-state index contributed by atoms with van der Waals surface area (Å²) in [4.78, 5) is 24.9. The van der Waals surface area contributed by atoms with Gasteiger partial charge in [0.2, 0.25) is 0 Å². The van der Waals surface area contributed by atoms with Crippen LogP contribution in [0.2, 0.25) is 0 Å². The predicted molar refractivity (Wildman–Crippen MR) is 59.1 cm³/mol. The van der Waals surface area contributed by atoms with Crippen LogP contribution in [0, 0.1) is 6.92 Å². The van der Waals surface area contributed by atoms with E-state index in [2.05, 4.69) is 0 Å². The zero-order valence-corrected chi connectivity index (χ0v) is 9.48. The van der Waals surface area contributed by atoms with Gasteiger partial charge >= 0.3 is 5.69 Å². The zero-order chi connectivity index (χ0) is 14.3. The number of aromatic nitrogens is 2. The fourth-order valence-electron chi connectivity index (χ4n) is 1.81. The number of hydrogen-bond donors (Lipinski definition) is 4. The Labute approximate surface area is 102 Å². The highest BCUT2D eigenvalue weighted by Gasteiger charge is 2.43. The number of ether oxygens (including phenoxy) is 1. The van der Waals surface area contributed by atoms with Crippen molar-refractivity contribution in [2.24, 2.45) is 0 Å². The molecule has 1 unspecified atom stereocenters. The van der Waals surface area contributed by atoms with Gasteiger partial charge in [0.05, 0.1) is 7.95 Å². The van der Waals surface area contributed by atoms with Crippen LogP contribution in [0.1, 0.15) is 13.2 Å². The van der Waals surface area contributed by atoms with E-state index in [0.29, 0.717) is 0 Å². The summed E-state index contributed by atoms with van der Waals surface area (Å²) in [5.41, 5.74) is -1.15. The quantitative estimate of drug-likeness (QED) is 0.436. The van der Waals surface area contributed by atoms with Crippen LogP contribution in [0.4, 0.5) is 0 Å². The van der Waals surface area contributed by atoms with Gasteiger partial charge in [0.15, 0.2) is 6.23 Å². The lowest BCUT2D eigenvalue weighted by Crippen LogP contribution is -2.38. The maximum absolute atomic E-state index is 11.6. The number of nitrogens with one attached hydrogen (secondary N) is 1. The fourth-order valence-corrected chi connectivity index (χ4v) is 1.81. The van der Waals surface area contributed by atoms with Crippen LogP contribution >= 0.6 is 0 Å². The molecular weight excluding hydrogens is 249 g/mol. The van der Waals surface area contributed by atoms with Gasteiger partial charge in [0, 0.05) is 11.8 Å². The largest absolute Gasteiger partial charge is 0.394 e. The molecule has 0 aliphatic carbocycles. The standard InChI is InChI=1S/C10H14N2O6/c1-4-2-12(10(17)11-8(4)16)9-7(15)6(14)5(3-13)18-9/h2,5-7,9,13-15H,3H2,1H3,(H,11,16,17)/t5-,6-,7-,9-/m1/s1/i3+1D,5+1,6+1,7+1,9+1/t3?,5-,6-,7-,9-. The number of rotatable bonds is 2. The normalized spacial score (nSPS) is 34.3. The molecular formula is C10H14N2O6. The van der Waals surface area contributed by atoms with Gasteiger partial charge in [-0.3, -0.25) is 14.3 Å². The van der Waals surface area contributed by atoms with Crippen molar-refractivity contribution in [3.63, 3.8) is 0 Å². The second kappa shape index (κ2) is 4.65. The first kappa shape index (κ1) is 11.6. The number of hydrogen-bond acceptors (Lipinski definition) is 6. The van der Waals surface area contributed by atoms with Gasteiger partial charge < -0.3 is 20.1 Å². The van der Waals surface area contributed by atoms with Crippen LogP contribution in [-0.4, -0.2) is 49.8 Å². The Morgan fingerprint density at radius 1 is 1.50 bits per heavy atom. The predicted octanol–water partition coefficient (Wildman–Crippen LogP) is -2.54. The maximum atomic E-state index is 11.6. The Balaban J connectivity index is 2.41. The Kier molecular flexibility index (Phi) is 3.00. The summed E-state index contributed by atoms with van der Waals surface area (Å²) >= 11 is 0. The van der Waals surface area contributed by atoms with Crippen molar-refractivity contribution < 1.29 is 21.4 Å². The number of H-pyrrole nitrogens is 1. The summed E-state index contributed by atoms with van der Waals surface area (Å²) in [7, 11) is 0. The monoisotopic (exact) mass is 264 g/mol. The molecule has 0 radical (unpaired) electrons. The minimum Gasteiger partial charge on any atom is -0.394 e. The lowest BCUT2D eigenvalue weighted by atomic mass is 10.4. The average Bonchev–Trinajstić information content (AvgIpc) is 2.62. The van der Waals surface area contributed by atoms with Crippen molar-refractivity contribution in [2.45, 2.75) is 31.5 Å². The number of aromatic amines is 1. The van der Waals surface area contributed by atoms with Crippen molar-refractivity contribution in [2.75, 3.05) is 6.58 Å². The molecule has 4 N–H and O–H groups in total. The van der Waals surface area contributed by atoms with Crippen LogP contribution in [0.3, 0.4) is 0 Å². The van der Waals surface area contributed by atoms with Crippen LogP contribution in [0.25, 0.3) is 0 Å². The van der Waals surface area contributed by atoms with Crippen LogP contribution < -0.4 is 11.2 Å². The van der Waals surface area contributed by atoms with Crippen molar-refractivity contribution >= 4 is 0 Å². The van der Waals surface area contributed by atoms with E-state index >= 15 is 0 Å². The Morgan fingerprint density at radius 3 is 2.72 bits per heavy atom. The minimum absolute atomic E-state index is 0.222. The second-order valence-electron chi connectivity index (χ2n) is 4.10. The van der Waals surface area contributed by atoms with Gasteiger partial charge in [-0.2, -0.15) is 0 Å². The molecule has 1 aliphatic heterocycles. The minimum atomic E-state index is -1.76. The Bertz CT molecular complexity index is 582. The summed E-state index contributed by atoms with van der Waals surface area (Å²) < 4.78 is 13.1. The molecule has 1 aliphatic rings. The number of aryl methyl sites for hydroxylation is 1. The summed E-state index contributed by atoms with van der Waals surface area (Å²) in [5.74, 6) is 0. The number of aliphatic hydroxyl groups excluding tert-OH is 3. The first-order valence-corrected chi connectivity index (χ1v) is 5.27. The van der Waals surface area contributed by atoms with Crippen molar-refractivity contribution in [1.82, 2.24) is 9.55 Å².